The topological polar surface area (TPSA) is 46.5 Å². The summed E-state index contributed by atoms with van der Waals surface area (Å²) in [5, 5.41) is 11.1. The van der Waals surface area contributed by atoms with E-state index in [0.29, 0.717) is 30.8 Å². The van der Waals surface area contributed by atoms with Gasteiger partial charge in [-0.15, -0.1) is 0 Å². The summed E-state index contributed by atoms with van der Waals surface area (Å²) < 4.78 is 5.20. The van der Waals surface area contributed by atoms with Crippen LogP contribution in [0, 0.1) is 23.2 Å². The first kappa shape index (κ1) is 18.5. The summed E-state index contributed by atoms with van der Waals surface area (Å²) in [6.45, 7) is 13.1. The van der Waals surface area contributed by atoms with Gasteiger partial charge in [0.15, 0.2) is 0 Å². The van der Waals surface area contributed by atoms with Crippen LogP contribution in [0.2, 0.25) is 0 Å². The van der Waals surface area contributed by atoms with Gasteiger partial charge in [-0.25, -0.2) is 0 Å². The number of hydrogen-bond acceptors (Lipinski definition) is 3. The van der Waals surface area contributed by atoms with Gasteiger partial charge in [-0.3, -0.25) is 4.79 Å². The lowest BCUT2D eigenvalue weighted by Crippen LogP contribution is -2.49. The Labute approximate surface area is 130 Å². The summed E-state index contributed by atoms with van der Waals surface area (Å²) in [6, 6.07) is 0. The average molecular weight is 298 g/mol. The molecular weight excluding hydrogens is 264 g/mol. The maximum atomic E-state index is 12.2. The monoisotopic (exact) mass is 298 g/mol. The highest BCUT2D eigenvalue weighted by molar-refractivity contribution is 5.74. The minimum Gasteiger partial charge on any atom is -0.466 e. The number of esters is 1. The molecule has 124 valence electrons. The SMILES string of the molecule is CCOC(=O)C(C(C)C)C1(O)CCC(C(C)(C)CC)CC1. The smallest absolute Gasteiger partial charge is 0.312 e. The van der Waals surface area contributed by atoms with Gasteiger partial charge in [0.1, 0.15) is 0 Å². The first-order chi connectivity index (χ1) is 9.68. The van der Waals surface area contributed by atoms with Crippen LogP contribution in [0.15, 0.2) is 0 Å². The first-order valence-corrected chi connectivity index (χ1v) is 8.57. The Balaban J connectivity index is 2.81. The molecule has 0 amide bonds. The average Bonchev–Trinajstić information content (AvgIpc) is 2.38. The Bertz CT molecular complexity index is 338. The van der Waals surface area contributed by atoms with Gasteiger partial charge in [-0.1, -0.05) is 41.0 Å². The third-order valence-corrected chi connectivity index (χ3v) is 5.65. The second-order valence-corrected chi connectivity index (χ2v) is 7.69. The van der Waals surface area contributed by atoms with Gasteiger partial charge in [-0.05, 0) is 49.9 Å². The summed E-state index contributed by atoms with van der Waals surface area (Å²) in [7, 11) is 0. The summed E-state index contributed by atoms with van der Waals surface area (Å²) in [6.07, 6.45) is 4.58. The minimum absolute atomic E-state index is 0.102. The zero-order valence-corrected chi connectivity index (χ0v) is 14.7. The quantitative estimate of drug-likeness (QED) is 0.748. The molecule has 0 radical (unpaired) electrons. The Morgan fingerprint density at radius 3 is 2.19 bits per heavy atom. The van der Waals surface area contributed by atoms with Crippen molar-refractivity contribution in [1.29, 1.82) is 0 Å². The fourth-order valence-corrected chi connectivity index (χ4v) is 3.84. The maximum Gasteiger partial charge on any atom is 0.312 e. The number of aliphatic hydroxyl groups is 1. The molecule has 0 aromatic carbocycles. The summed E-state index contributed by atoms with van der Waals surface area (Å²) in [5.74, 6) is 0.105. The Hall–Kier alpha value is -0.570. The number of rotatable bonds is 6. The van der Waals surface area contributed by atoms with E-state index in [1.165, 1.54) is 0 Å². The molecule has 1 atom stereocenters. The lowest BCUT2D eigenvalue weighted by molar-refractivity contribution is -0.167. The van der Waals surface area contributed by atoms with Gasteiger partial charge in [0.25, 0.3) is 0 Å². The van der Waals surface area contributed by atoms with Crippen molar-refractivity contribution in [1.82, 2.24) is 0 Å². The van der Waals surface area contributed by atoms with Crippen molar-refractivity contribution in [2.75, 3.05) is 6.61 Å². The minimum atomic E-state index is -0.888. The maximum absolute atomic E-state index is 12.2. The van der Waals surface area contributed by atoms with Crippen LogP contribution < -0.4 is 0 Å². The van der Waals surface area contributed by atoms with E-state index >= 15 is 0 Å². The lowest BCUT2D eigenvalue weighted by atomic mass is 9.62. The van der Waals surface area contributed by atoms with Gasteiger partial charge < -0.3 is 9.84 Å². The van der Waals surface area contributed by atoms with Crippen LogP contribution in [0.4, 0.5) is 0 Å². The third-order valence-electron chi connectivity index (χ3n) is 5.65. The van der Waals surface area contributed by atoms with Gasteiger partial charge >= 0.3 is 5.97 Å². The highest BCUT2D eigenvalue weighted by Crippen LogP contribution is 2.47. The van der Waals surface area contributed by atoms with E-state index in [1.54, 1.807) is 0 Å². The lowest BCUT2D eigenvalue weighted by Gasteiger charge is -2.46. The van der Waals surface area contributed by atoms with E-state index in [4.69, 9.17) is 4.74 Å². The zero-order chi connectivity index (χ0) is 16.3. The normalized spacial score (nSPS) is 28.5. The summed E-state index contributed by atoms with van der Waals surface area (Å²) >= 11 is 0. The zero-order valence-electron chi connectivity index (χ0n) is 14.7. The molecule has 1 saturated carbocycles. The molecule has 0 bridgehead atoms. The molecule has 3 nitrogen and oxygen atoms in total. The molecule has 1 N–H and O–H groups in total. The molecule has 0 aromatic heterocycles. The van der Waals surface area contributed by atoms with Crippen LogP contribution in [0.25, 0.3) is 0 Å². The molecule has 21 heavy (non-hydrogen) atoms. The van der Waals surface area contributed by atoms with E-state index in [1.807, 2.05) is 20.8 Å². The van der Waals surface area contributed by atoms with E-state index in [-0.39, 0.29) is 11.9 Å². The number of hydrogen-bond donors (Lipinski definition) is 1. The van der Waals surface area contributed by atoms with Gasteiger partial charge in [0, 0.05) is 0 Å². The van der Waals surface area contributed by atoms with Crippen molar-refractivity contribution in [2.24, 2.45) is 23.2 Å². The molecule has 1 aliphatic carbocycles. The van der Waals surface area contributed by atoms with Crippen molar-refractivity contribution in [2.45, 2.75) is 79.2 Å². The van der Waals surface area contributed by atoms with Gasteiger partial charge in [-0.2, -0.15) is 0 Å². The largest absolute Gasteiger partial charge is 0.466 e. The molecular formula is C18H34O3. The fourth-order valence-electron chi connectivity index (χ4n) is 3.84. The molecule has 0 spiro atoms. The molecule has 0 saturated heterocycles. The van der Waals surface area contributed by atoms with E-state index in [2.05, 4.69) is 20.8 Å². The Morgan fingerprint density at radius 1 is 1.29 bits per heavy atom. The second-order valence-electron chi connectivity index (χ2n) is 7.69. The number of carbonyl (C=O) groups excluding carboxylic acids is 1. The van der Waals surface area contributed by atoms with Crippen LogP contribution >= 0.6 is 0 Å². The van der Waals surface area contributed by atoms with Crippen LogP contribution in [-0.2, 0) is 9.53 Å². The standard InChI is InChI=1S/C18H34O3/c1-7-17(5,6)14-9-11-18(20,12-10-14)15(13(3)4)16(19)21-8-2/h13-15,20H,7-12H2,1-6H3. The highest BCUT2D eigenvalue weighted by atomic mass is 16.5. The molecule has 0 aliphatic heterocycles. The molecule has 1 unspecified atom stereocenters. The van der Waals surface area contributed by atoms with Gasteiger partial charge in [0.05, 0.1) is 18.1 Å². The predicted octanol–water partition coefficient (Wildman–Crippen LogP) is 4.18. The molecule has 3 heteroatoms. The fraction of sp³-hybridized carbons (Fsp3) is 0.944. The van der Waals surface area contributed by atoms with Crippen molar-refractivity contribution >= 4 is 5.97 Å². The second kappa shape index (κ2) is 7.13. The van der Waals surface area contributed by atoms with Crippen LogP contribution in [0.3, 0.4) is 0 Å². The van der Waals surface area contributed by atoms with Crippen molar-refractivity contribution < 1.29 is 14.6 Å². The first-order valence-electron chi connectivity index (χ1n) is 8.57. The summed E-state index contributed by atoms with van der Waals surface area (Å²) in [5.41, 5.74) is -0.570. The predicted molar refractivity (Wildman–Crippen MR) is 85.9 cm³/mol. The van der Waals surface area contributed by atoms with Crippen LogP contribution in [0.1, 0.15) is 73.6 Å². The molecule has 1 rings (SSSR count). The number of ether oxygens (including phenoxy) is 1. The Kier molecular flexibility index (Phi) is 6.27. The molecule has 1 fully saturated rings. The Morgan fingerprint density at radius 2 is 1.81 bits per heavy atom. The molecule has 0 heterocycles. The van der Waals surface area contributed by atoms with Crippen molar-refractivity contribution in [3.8, 4) is 0 Å². The van der Waals surface area contributed by atoms with E-state index in [9.17, 15) is 9.90 Å². The summed E-state index contributed by atoms with van der Waals surface area (Å²) in [4.78, 5) is 12.2. The van der Waals surface area contributed by atoms with Gasteiger partial charge in [0.2, 0.25) is 0 Å². The van der Waals surface area contributed by atoms with Crippen LogP contribution in [-0.4, -0.2) is 23.3 Å². The van der Waals surface area contributed by atoms with Crippen molar-refractivity contribution in [3.05, 3.63) is 0 Å². The van der Waals surface area contributed by atoms with Crippen molar-refractivity contribution in [3.63, 3.8) is 0 Å². The van der Waals surface area contributed by atoms with E-state index < -0.39 is 11.5 Å². The number of carbonyl (C=O) groups is 1. The molecule has 0 aromatic rings. The van der Waals surface area contributed by atoms with E-state index in [0.717, 1.165) is 19.3 Å². The third kappa shape index (κ3) is 4.21. The molecule has 1 aliphatic rings. The highest BCUT2D eigenvalue weighted by Gasteiger charge is 2.47. The van der Waals surface area contributed by atoms with Crippen LogP contribution in [0.5, 0.6) is 0 Å².